The van der Waals surface area contributed by atoms with E-state index in [1.165, 1.54) is 0 Å². The molecule has 15 heavy (non-hydrogen) atoms. The van der Waals surface area contributed by atoms with Gasteiger partial charge in [0, 0.05) is 25.1 Å². The van der Waals surface area contributed by atoms with Crippen molar-refractivity contribution >= 4 is 5.91 Å². The highest BCUT2D eigenvalue weighted by Crippen LogP contribution is 2.28. The van der Waals surface area contributed by atoms with Crippen LogP contribution in [0.25, 0.3) is 0 Å². The second kappa shape index (κ2) is 4.47. The molecule has 2 aliphatic heterocycles. The third-order valence-electron chi connectivity index (χ3n) is 3.26. The Morgan fingerprint density at radius 3 is 2.80 bits per heavy atom. The maximum Gasteiger partial charge on any atom is 0.238 e. The Kier molecular flexibility index (Phi) is 3.23. The van der Waals surface area contributed by atoms with Crippen LogP contribution in [0.4, 0.5) is 0 Å². The number of nitrogens with zero attached hydrogens (tertiary/aromatic N) is 1. The van der Waals surface area contributed by atoms with Gasteiger partial charge in [0.1, 0.15) is 0 Å². The number of rotatable bonds is 3. The van der Waals surface area contributed by atoms with Crippen molar-refractivity contribution in [3.8, 4) is 0 Å². The topological polar surface area (TPSA) is 64.6 Å². The van der Waals surface area contributed by atoms with Gasteiger partial charge in [-0.05, 0) is 32.4 Å². The van der Waals surface area contributed by atoms with Crippen molar-refractivity contribution < 1.29 is 9.90 Å². The Hall–Kier alpha value is -0.650. The summed E-state index contributed by atoms with van der Waals surface area (Å²) < 4.78 is 0. The van der Waals surface area contributed by atoms with Gasteiger partial charge in [-0.3, -0.25) is 9.80 Å². The predicted molar refractivity (Wildman–Crippen MR) is 56.0 cm³/mol. The van der Waals surface area contributed by atoms with Gasteiger partial charge in [-0.15, -0.1) is 0 Å². The van der Waals surface area contributed by atoms with Gasteiger partial charge >= 0.3 is 0 Å². The fraction of sp³-hybridized carbons (Fsp3) is 0.900. The van der Waals surface area contributed by atoms with E-state index in [1.54, 1.807) is 5.01 Å². The Labute approximate surface area is 89.8 Å². The monoisotopic (exact) mass is 213 g/mol. The zero-order valence-corrected chi connectivity index (χ0v) is 8.96. The smallest absolute Gasteiger partial charge is 0.238 e. The fourth-order valence-electron chi connectivity index (χ4n) is 2.38. The van der Waals surface area contributed by atoms with E-state index in [2.05, 4.69) is 10.7 Å². The SMILES string of the molecule is O=C1CC2(CCNCC2)NN1CCCO. The summed E-state index contributed by atoms with van der Waals surface area (Å²) in [6.45, 7) is 2.72. The van der Waals surface area contributed by atoms with Gasteiger partial charge in [0.2, 0.25) is 5.91 Å². The van der Waals surface area contributed by atoms with Crippen molar-refractivity contribution in [2.24, 2.45) is 0 Å². The quantitative estimate of drug-likeness (QED) is 0.576. The number of carbonyl (C=O) groups is 1. The van der Waals surface area contributed by atoms with Crippen LogP contribution < -0.4 is 10.7 Å². The van der Waals surface area contributed by atoms with Crippen molar-refractivity contribution in [1.82, 2.24) is 15.8 Å². The van der Waals surface area contributed by atoms with Crippen LogP contribution in [0.3, 0.4) is 0 Å². The summed E-state index contributed by atoms with van der Waals surface area (Å²) in [7, 11) is 0. The Morgan fingerprint density at radius 1 is 1.40 bits per heavy atom. The molecule has 0 atom stereocenters. The van der Waals surface area contributed by atoms with Crippen molar-refractivity contribution in [2.45, 2.75) is 31.2 Å². The van der Waals surface area contributed by atoms with E-state index >= 15 is 0 Å². The standard InChI is InChI=1S/C10H19N3O2/c14-7-1-6-13-9(15)8-10(12-13)2-4-11-5-3-10/h11-12,14H,1-8H2. The van der Waals surface area contributed by atoms with Crippen LogP contribution in [0.15, 0.2) is 0 Å². The van der Waals surface area contributed by atoms with Crippen LogP contribution in [0.1, 0.15) is 25.7 Å². The third kappa shape index (κ3) is 2.30. The molecule has 2 saturated heterocycles. The number of aliphatic hydroxyl groups excluding tert-OH is 1. The largest absolute Gasteiger partial charge is 0.396 e. The summed E-state index contributed by atoms with van der Waals surface area (Å²) >= 11 is 0. The first-order chi connectivity index (χ1) is 7.26. The maximum absolute atomic E-state index is 11.7. The summed E-state index contributed by atoms with van der Waals surface area (Å²) in [5.74, 6) is 0.172. The van der Waals surface area contributed by atoms with Crippen molar-refractivity contribution in [1.29, 1.82) is 0 Å². The minimum absolute atomic E-state index is 0.00219. The fourth-order valence-corrected chi connectivity index (χ4v) is 2.38. The van der Waals surface area contributed by atoms with Crippen molar-refractivity contribution in [2.75, 3.05) is 26.2 Å². The molecule has 2 rings (SSSR count). The Morgan fingerprint density at radius 2 is 2.13 bits per heavy atom. The summed E-state index contributed by atoms with van der Waals surface area (Å²) in [5, 5.41) is 13.7. The molecule has 1 spiro atoms. The van der Waals surface area contributed by atoms with E-state index in [0.29, 0.717) is 19.4 Å². The molecule has 0 aromatic rings. The zero-order chi connectivity index (χ0) is 10.7. The summed E-state index contributed by atoms with van der Waals surface area (Å²) in [4.78, 5) is 11.7. The average molecular weight is 213 g/mol. The van der Waals surface area contributed by atoms with E-state index in [1.807, 2.05) is 0 Å². The molecule has 0 saturated carbocycles. The second-order valence-corrected chi connectivity index (χ2v) is 4.44. The first-order valence-corrected chi connectivity index (χ1v) is 5.66. The van der Waals surface area contributed by atoms with Gasteiger partial charge in [-0.1, -0.05) is 0 Å². The lowest BCUT2D eigenvalue weighted by Gasteiger charge is -2.33. The molecule has 0 aromatic carbocycles. The van der Waals surface area contributed by atoms with Gasteiger partial charge in [0.05, 0.1) is 0 Å². The summed E-state index contributed by atoms with van der Waals surface area (Å²) in [6, 6.07) is 0. The lowest BCUT2D eigenvalue weighted by Crippen LogP contribution is -2.52. The number of aliphatic hydroxyl groups is 1. The van der Waals surface area contributed by atoms with Crippen LogP contribution in [0, 0.1) is 0 Å². The van der Waals surface area contributed by atoms with Crippen LogP contribution in [-0.2, 0) is 4.79 Å². The number of carbonyl (C=O) groups excluding carboxylic acids is 1. The molecule has 1 amide bonds. The second-order valence-electron chi connectivity index (χ2n) is 4.44. The zero-order valence-electron chi connectivity index (χ0n) is 8.96. The van der Waals surface area contributed by atoms with E-state index in [0.717, 1.165) is 25.9 Å². The number of piperidine rings is 1. The van der Waals surface area contributed by atoms with E-state index in [9.17, 15) is 4.79 Å². The van der Waals surface area contributed by atoms with Gasteiger partial charge < -0.3 is 10.4 Å². The third-order valence-corrected chi connectivity index (χ3v) is 3.26. The Bertz CT molecular complexity index is 239. The molecule has 2 fully saturated rings. The maximum atomic E-state index is 11.7. The first-order valence-electron chi connectivity index (χ1n) is 5.66. The molecule has 2 heterocycles. The molecule has 0 aromatic heterocycles. The van der Waals surface area contributed by atoms with Crippen LogP contribution in [-0.4, -0.2) is 47.8 Å². The number of hydrogen-bond acceptors (Lipinski definition) is 4. The lowest BCUT2D eigenvalue weighted by atomic mass is 9.87. The highest BCUT2D eigenvalue weighted by molar-refractivity contribution is 5.79. The Balaban J connectivity index is 1.92. The predicted octanol–water partition coefficient (Wildman–Crippen LogP) is -0.772. The summed E-state index contributed by atoms with van der Waals surface area (Å²) in [5.41, 5.74) is 3.32. The first kappa shape index (κ1) is 10.9. The van der Waals surface area contributed by atoms with Crippen LogP contribution in [0.2, 0.25) is 0 Å². The molecule has 2 aliphatic rings. The molecule has 0 radical (unpaired) electrons. The van der Waals surface area contributed by atoms with Crippen LogP contribution in [0.5, 0.6) is 0 Å². The molecule has 0 unspecified atom stereocenters. The molecule has 3 N–H and O–H groups in total. The number of hydrogen-bond donors (Lipinski definition) is 3. The number of hydrazine groups is 1. The van der Waals surface area contributed by atoms with Gasteiger partial charge in [0.15, 0.2) is 0 Å². The van der Waals surface area contributed by atoms with E-state index in [-0.39, 0.29) is 18.1 Å². The minimum atomic E-state index is -0.00219. The van der Waals surface area contributed by atoms with E-state index < -0.39 is 0 Å². The van der Waals surface area contributed by atoms with Crippen molar-refractivity contribution in [3.05, 3.63) is 0 Å². The van der Waals surface area contributed by atoms with Crippen LogP contribution >= 0.6 is 0 Å². The molecule has 5 nitrogen and oxygen atoms in total. The molecule has 0 bridgehead atoms. The van der Waals surface area contributed by atoms with Gasteiger partial charge in [-0.2, -0.15) is 0 Å². The van der Waals surface area contributed by atoms with Gasteiger partial charge in [0.25, 0.3) is 0 Å². The molecule has 5 heteroatoms. The highest BCUT2D eigenvalue weighted by Gasteiger charge is 2.42. The normalized spacial score (nSPS) is 25.1. The summed E-state index contributed by atoms with van der Waals surface area (Å²) in [6.07, 6.45) is 3.27. The van der Waals surface area contributed by atoms with Gasteiger partial charge in [-0.25, -0.2) is 5.43 Å². The molecular formula is C10H19N3O2. The average Bonchev–Trinajstić information content (AvgIpc) is 2.53. The van der Waals surface area contributed by atoms with Crippen molar-refractivity contribution in [3.63, 3.8) is 0 Å². The number of amides is 1. The highest BCUT2D eigenvalue weighted by atomic mass is 16.3. The molecular weight excluding hydrogens is 194 g/mol. The molecule has 0 aliphatic carbocycles. The molecule has 86 valence electrons. The minimum Gasteiger partial charge on any atom is -0.396 e. The van der Waals surface area contributed by atoms with E-state index in [4.69, 9.17) is 5.11 Å². The lowest BCUT2D eigenvalue weighted by molar-refractivity contribution is -0.129. The number of nitrogens with one attached hydrogen (secondary N) is 2.